The van der Waals surface area contributed by atoms with Crippen molar-refractivity contribution in [3.8, 4) is 0 Å². The summed E-state index contributed by atoms with van der Waals surface area (Å²) in [6.07, 6.45) is 5.66. The number of hydrogen-bond donors (Lipinski definition) is 3. The van der Waals surface area contributed by atoms with Crippen LogP contribution in [0.2, 0.25) is 0 Å². The monoisotopic (exact) mass is 182 g/mol. The van der Waals surface area contributed by atoms with E-state index in [0.717, 1.165) is 6.42 Å². The van der Waals surface area contributed by atoms with E-state index in [1.54, 1.807) is 18.2 Å². The van der Waals surface area contributed by atoms with Crippen molar-refractivity contribution in [3.05, 3.63) is 24.3 Å². The van der Waals surface area contributed by atoms with Gasteiger partial charge in [-0.3, -0.25) is 0 Å². The Labute approximate surface area is 77.0 Å². The Balaban J connectivity index is 2.27. The average Bonchev–Trinajstić information content (AvgIpc) is 2.12. The van der Waals surface area contributed by atoms with Crippen molar-refractivity contribution in [2.45, 2.75) is 24.7 Å². The fourth-order valence-corrected chi connectivity index (χ4v) is 2.23. The molecular weight excluding hydrogens is 168 g/mol. The van der Waals surface area contributed by atoms with Gasteiger partial charge in [-0.15, -0.1) is 0 Å². The molecule has 0 saturated heterocycles. The van der Waals surface area contributed by atoms with Crippen LogP contribution in [0.1, 0.15) is 6.42 Å². The Morgan fingerprint density at radius 2 is 1.46 bits per heavy atom. The van der Waals surface area contributed by atoms with Crippen LogP contribution < -0.4 is 0 Å². The first-order chi connectivity index (χ1) is 6.20. The normalized spacial score (nSPS) is 49.0. The highest BCUT2D eigenvalue weighted by atomic mass is 16.3. The summed E-state index contributed by atoms with van der Waals surface area (Å²) in [5.74, 6) is -0.287. The maximum Gasteiger partial charge on any atom is 0.0781 e. The first-order valence-corrected chi connectivity index (χ1v) is 4.59. The lowest BCUT2D eigenvalue weighted by Crippen LogP contribution is -2.44. The van der Waals surface area contributed by atoms with Gasteiger partial charge in [0, 0.05) is 11.8 Å². The van der Waals surface area contributed by atoms with Gasteiger partial charge in [-0.2, -0.15) is 0 Å². The van der Waals surface area contributed by atoms with E-state index in [2.05, 4.69) is 0 Å². The highest BCUT2D eigenvalue weighted by molar-refractivity contribution is 5.14. The summed E-state index contributed by atoms with van der Waals surface area (Å²) in [5, 5.41) is 28.8. The van der Waals surface area contributed by atoms with Gasteiger partial charge in [-0.1, -0.05) is 24.3 Å². The van der Waals surface area contributed by atoms with E-state index in [-0.39, 0.29) is 11.8 Å². The number of rotatable bonds is 0. The second-order valence-corrected chi connectivity index (χ2v) is 3.76. The first-order valence-electron chi connectivity index (χ1n) is 4.59. The largest absolute Gasteiger partial charge is 0.389 e. The number of hydrogen-bond acceptors (Lipinski definition) is 3. The van der Waals surface area contributed by atoms with Crippen LogP contribution in [0.25, 0.3) is 0 Å². The zero-order valence-electron chi connectivity index (χ0n) is 7.24. The first kappa shape index (κ1) is 8.94. The fraction of sp³-hybridized carbons (Fsp3) is 0.600. The van der Waals surface area contributed by atoms with Gasteiger partial charge < -0.3 is 15.3 Å². The van der Waals surface area contributed by atoms with Crippen molar-refractivity contribution in [1.29, 1.82) is 0 Å². The molecular formula is C10H14O3. The number of allylic oxidation sites excluding steroid dienone is 1. The molecule has 2 rings (SSSR count). The molecule has 0 aromatic heterocycles. The third-order valence-corrected chi connectivity index (χ3v) is 2.97. The summed E-state index contributed by atoms with van der Waals surface area (Å²) in [4.78, 5) is 0. The van der Waals surface area contributed by atoms with Gasteiger partial charge in [0.2, 0.25) is 0 Å². The summed E-state index contributed by atoms with van der Waals surface area (Å²) >= 11 is 0. The molecule has 0 fully saturated rings. The highest BCUT2D eigenvalue weighted by Gasteiger charge is 2.39. The van der Waals surface area contributed by atoms with Crippen molar-refractivity contribution in [2.75, 3.05) is 0 Å². The Morgan fingerprint density at radius 3 is 2.15 bits per heavy atom. The van der Waals surface area contributed by atoms with Gasteiger partial charge in [-0.05, 0) is 6.42 Å². The predicted molar refractivity (Wildman–Crippen MR) is 47.9 cm³/mol. The lowest BCUT2D eigenvalue weighted by Gasteiger charge is -2.39. The lowest BCUT2D eigenvalue weighted by molar-refractivity contribution is -0.0256. The molecule has 0 saturated carbocycles. The Bertz CT molecular complexity index is 247. The molecule has 13 heavy (non-hydrogen) atoms. The molecule has 0 bridgehead atoms. The summed E-state index contributed by atoms with van der Waals surface area (Å²) in [5.41, 5.74) is 0. The molecule has 0 spiro atoms. The molecule has 5 atom stereocenters. The topological polar surface area (TPSA) is 60.7 Å². The molecule has 0 radical (unpaired) electrons. The van der Waals surface area contributed by atoms with Gasteiger partial charge >= 0.3 is 0 Å². The molecule has 2 aliphatic rings. The molecule has 3 nitrogen and oxygen atoms in total. The molecule has 0 amide bonds. The Morgan fingerprint density at radius 1 is 0.846 bits per heavy atom. The van der Waals surface area contributed by atoms with Crippen LogP contribution in [0.15, 0.2) is 24.3 Å². The molecule has 0 unspecified atom stereocenters. The third-order valence-electron chi connectivity index (χ3n) is 2.97. The highest BCUT2D eigenvalue weighted by Crippen LogP contribution is 2.35. The minimum absolute atomic E-state index is 0.0417. The lowest BCUT2D eigenvalue weighted by atomic mass is 9.72. The van der Waals surface area contributed by atoms with Crippen molar-refractivity contribution >= 4 is 0 Å². The zero-order chi connectivity index (χ0) is 9.42. The minimum Gasteiger partial charge on any atom is -0.389 e. The van der Waals surface area contributed by atoms with Gasteiger partial charge in [0.25, 0.3) is 0 Å². The van der Waals surface area contributed by atoms with E-state index < -0.39 is 18.3 Å². The van der Waals surface area contributed by atoms with Gasteiger partial charge in [0.15, 0.2) is 0 Å². The van der Waals surface area contributed by atoms with Crippen LogP contribution in [0.4, 0.5) is 0 Å². The molecule has 0 heterocycles. The third kappa shape index (κ3) is 1.43. The van der Waals surface area contributed by atoms with E-state index >= 15 is 0 Å². The minimum atomic E-state index is -0.631. The van der Waals surface area contributed by atoms with Crippen LogP contribution in [0.3, 0.4) is 0 Å². The maximum absolute atomic E-state index is 9.60. The molecule has 0 aromatic rings. The van der Waals surface area contributed by atoms with Crippen LogP contribution in [0.5, 0.6) is 0 Å². The van der Waals surface area contributed by atoms with Gasteiger partial charge in [-0.25, -0.2) is 0 Å². The molecule has 72 valence electrons. The molecule has 3 heteroatoms. The summed E-state index contributed by atoms with van der Waals surface area (Å²) in [7, 11) is 0. The molecule has 0 aromatic carbocycles. The Hall–Kier alpha value is -0.640. The van der Waals surface area contributed by atoms with Gasteiger partial charge in [0.1, 0.15) is 0 Å². The van der Waals surface area contributed by atoms with E-state index in [4.69, 9.17) is 0 Å². The molecule has 2 aliphatic carbocycles. The quantitative estimate of drug-likeness (QED) is 0.456. The van der Waals surface area contributed by atoms with Crippen LogP contribution in [-0.2, 0) is 0 Å². The average molecular weight is 182 g/mol. The number of aliphatic hydroxyl groups excluding tert-OH is 3. The van der Waals surface area contributed by atoms with E-state index in [1.807, 2.05) is 6.08 Å². The summed E-state index contributed by atoms with van der Waals surface area (Å²) in [6.45, 7) is 0. The zero-order valence-corrected chi connectivity index (χ0v) is 7.24. The fourth-order valence-electron chi connectivity index (χ4n) is 2.23. The van der Waals surface area contributed by atoms with E-state index in [0.29, 0.717) is 0 Å². The SMILES string of the molecule is O[C@@H]1C=C[C@H](O)[C@@H]2CC=C[C@H](O)[C@@H]21. The van der Waals surface area contributed by atoms with Gasteiger partial charge in [0.05, 0.1) is 18.3 Å². The van der Waals surface area contributed by atoms with Crippen LogP contribution >= 0.6 is 0 Å². The van der Waals surface area contributed by atoms with E-state index in [1.165, 1.54) is 0 Å². The smallest absolute Gasteiger partial charge is 0.0781 e. The van der Waals surface area contributed by atoms with Crippen molar-refractivity contribution in [1.82, 2.24) is 0 Å². The van der Waals surface area contributed by atoms with Crippen molar-refractivity contribution < 1.29 is 15.3 Å². The second-order valence-electron chi connectivity index (χ2n) is 3.76. The Kier molecular flexibility index (Phi) is 2.24. The maximum atomic E-state index is 9.60. The molecule has 0 aliphatic heterocycles. The second kappa shape index (κ2) is 3.25. The van der Waals surface area contributed by atoms with E-state index in [9.17, 15) is 15.3 Å². The predicted octanol–water partition coefficient (Wildman–Crippen LogP) is -0.169. The van der Waals surface area contributed by atoms with Crippen molar-refractivity contribution in [3.63, 3.8) is 0 Å². The summed E-state index contributed by atoms with van der Waals surface area (Å²) in [6, 6.07) is 0. The van der Waals surface area contributed by atoms with Crippen LogP contribution in [-0.4, -0.2) is 33.6 Å². The van der Waals surface area contributed by atoms with Crippen LogP contribution in [0, 0.1) is 11.8 Å². The standard InChI is InChI=1S/C10H14O3/c11-7-4-5-9(13)10-6(7)2-1-3-8(10)12/h1,3-13H,2H2/t6-,7-,8-,9+,10+/m0/s1. The van der Waals surface area contributed by atoms with Crippen molar-refractivity contribution in [2.24, 2.45) is 11.8 Å². The summed E-state index contributed by atoms with van der Waals surface area (Å²) < 4.78 is 0. The number of aliphatic hydroxyl groups is 3. The molecule has 3 N–H and O–H groups in total. The number of fused-ring (bicyclic) bond motifs is 1.